The van der Waals surface area contributed by atoms with Crippen molar-refractivity contribution in [1.29, 1.82) is 0 Å². The molecule has 0 radical (unpaired) electrons. The highest BCUT2D eigenvalue weighted by molar-refractivity contribution is 6.07. The summed E-state index contributed by atoms with van der Waals surface area (Å²) in [5, 5.41) is 7.21. The van der Waals surface area contributed by atoms with Crippen LogP contribution in [0.5, 0.6) is 0 Å². The van der Waals surface area contributed by atoms with Crippen LogP contribution in [0.25, 0.3) is 22.4 Å². The molecule has 8 nitrogen and oxygen atoms in total. The summed E-state index contributed by atoms with van der Waals surface area (Å²) in [7, 11) is 2.09. The lowest BCUT2D eigenvalue weighted by Crippen LogP contribution is -2.24. The van der Waals surface area contributed by atoms with Crippen molar-refractivity contribution in [2.24, 2.45) is 5.73 Å². The lowest BCUT2D eigenvalue weighted by Gasteiger charge is -2.16. The average molecular weight is 459 g/mol. The summed E-state index contributed by atoms with van der Waals surface area (Å²) in [6.07, 6.45) is 5.23. The first-order valence-corrected chi connectivity index (χ1v) is 11.5. The number of nitrogens with two attached hydrogens (primary N) is 1. The molecule has 0 bridgehead atoms. The molecule has 0 aliphatic rings. The van der Waals surface area contributed by atoms with E-state index >= 15 is 0 Å². The van der Waals surface area contributed by atoms with Gasteiger partial charge in [0.25, 0.3) is 5.91 Å². The van der Waals surface area contributed by atoms with E-state index in [1.807, 2.05) is 42.5 Å². The minimum atomic E-state index is -0.242. The fourth-order valence-electron chi connectivity index (χ4n) is 3.68. The van der Waals surface area contributed by atoms with E-state index < -0.39 is 0 Å². The topological polar surface area (TPSA) is 109 Å². The van der Waals surface area contributed by atoms with Gasteiger partial charge in [0.2, 0.25) is 0 Å². The van der Waals surface area contributed by atoms with Crippen molar-refractivity contribution in [3.63, 3.8) is 0 Å². The Morgan fingerprint density at radius 2 is 1.91 bits per heavy atom. The third kappa shape index (κ3) is 5.98. The number of hydrogen-bond acceptors (Lipinski definition) is 7. The summed E-state index contributed by atoms with van der Waals surface area (Å²) in [6.45, 7) is 3.35. The van der Waals surface area contributed by atoms with Gasteiger partial charge in [-0.1, -0.05) is 18.2 Å². The maximum Gasteiger partial charge on any atom is 0.259 e. The molecule has 0 saturated carbocycles. The average Bonchev–Trinajstić information content (AvgIpc) is 3.30. The van der Waals surface area contributed by atoms with Gasteiger partial charge in [-0.25, -0.2) is 4.98 Å². The Labute approximate surface area is 199 Å². The van der Waals surface area contributed by atoms with Gasteiger partial charge in [0, 0.05) is 18.1 Å². The Kier molecular flexibility index (Phi) is 7.85. The van der Waals surface area contributed by atoms with Gasteiger partial charge in [0.1, 0.15) is 17.1 Å². The number of nitrogens with zero attached hydrogens (tertiary/aromatic N) is 3. The quantitative estimate of drug-likeness (QED) is 0.289. The van der Waals surface area contributed by atoms with Crippen LogP contribution in [0.3, 0.4) is 0 Å². The molecule has 1 aromatic carbocycles. The van der Waals surface area contributed by atoms with Crippen molar-refractivity contribution in [1.82, 2.24) is 14.9 Å². The van der Waals surface area contributed by atoms with Crippen LogP contribution in [0.1, 0.15) is 23.2 Å². The van der Waals surface area contributed by atoms with Crippen molar-refractivity contribution < 1.29 is 9.21 Å². The van der Waals surface area contributed by atoms with Crippen LogP contribution in [-0.4, -0.2) is 54.0 Å². The minimum absolute atomic E-state index is 0.242. The van der Waals surface area contributed by atoms with Crippen LogP contribution in [0.2, 0.25) is 0 Å². The van der Waals surface area contributed by atoms with Crippen LogP contribution >= 0.6 is 0 Å². The number of nitrogens with one attached hydrogen (secondary N) is 2. The van der Waals surface area contributed by atoms with E-state index in [1.165, 1.54) is 0 Å². The van der Waals surface area contributed by atoms with Crippen molar-refractivity contribution in [2.45, 2.75) is 12.8 Å². The monoisotopic (exact) mass is 458 g/mol. The number of amides is 1. The van der Waals surface area contributed by atoms with Gasteiger partial charge in [-0.05, 0) is 75.9 Å². The second-order valence-electron chi connectivity index (χ2n) is 8.16. The van der Waals surface area contributed by atoms with Crippen molar-refractivity contribution >= 4 is 28.4 Å². The van der Waals surface area contributed by atoms with Crippen LogP contribution in [0.4, 0.5) is 11.5 Å². The fourth-order valence-corrected chi connectivity index (χ4v) is 3.68. The van der Waals surface area contributed by atoms with Crippen LogP contribution < -0.4 is 16.4 Å². The van der Waals surface area contributed by atoms with Crippen LogP contribution in [0.15, 0.2) is 71.4 Å². The van der Waals surface area contributed by atoms with Gasteiger partial charge in [0.15, 0.2) is 5.76 Å². The summed E-state index contributed by atoms with van der Waals surface area (Å²) in [5.41, 5.74) is 8.17. The zero-order valence-electron chi connectivity index (χ0n) is 19.3. The summed E-state index contributed by atoms with van der Waals surface area (Å²) >= 11 is 0. The zero-order chi connectivity index (χ0) is 23.8. The first-order valence-electron chi connectivity index (χ1n) is 11.5. The molecule has 1 amide bonds. The summed E-state index contributed by atoms with van der Waals surface area (Å²) < 4.78 is 5.87. The number of hydrogen-bond donors (Lipinski definition) is 3. The largest absolute Gasteiger partial charge is 0.454 e. The lowest BCUT2D eigenvalue weighted by molar-refractivity contribution is 0.102. The first-order chi connectivity index (χ1) is 16.6. The number of benzene rings is 1. The highest BCUT2D eigenvalue weighted by atomic mass is 16.3. The molecule has 4 N–H and O–H groups in total. The number of carbonyl (C=O) groups excluding carboxylic acids is 1. The van der Waals surface area contributed by atoms with Gasteiger partial charge < -0.3 is 25.7 Å². The van der Waals surface area contributed by atoms with Gasteiger partial charge >= 0.3 is 0 Å². The van der Waals surface area contributed by atoms with E-state index in [0.717, 1.165) is 43.4 Å². The number of rotatable bonds is 11. The molecule has 0 aliphatic heterocycles. The molecule has 0 unspecified atom stereocenters. The van der Waals surface area contributed by atoms with Crippen molar-refractivity contribution in [2.75, 3.05) is 43.9 Å². The van der Waals surface area contributed by atoms with E-state index in [0.29, 0.717) is 35.1 Å². The number of aromatic nitrogens is 2. The Hall–Kier alpha value is -3.75. The Morgan fingerprint density at radius 3 is 2.71 bits per heavy atom. The maximum atomic E-state index is 12.9. The molecular formula is C26H30N6O2. The summed E-state index contributed by atoms with van der Waals surface area (Å²) in [6, 6.07) is 16.9. The van der Waals surface area contributed by atoms with E-state index in [9.17, 15) is 4.79 Å². The second-order valence-corrected chi connectivity index (χ2v) is 8.16. The lowest BCUT2D eigenvalue weighted by atomic mass is 10.2. The SMILES string of the molecule is CN(CCCN)CCCNc1ncccc1C(=O)Nc1ccc(-c2cc3ccccc3o2)nc1. The smallest absolute Gasteiger partial charge is 0.259 e. The molecule has 0 saturated heterocycles. The third-order valence-corrected chi connectivity index (χ3v) is 5.50. The highest BCUT2D eigenvalue weighted by Crippen LogP contribution is 2.27. The molecule has 0 fully saturated rings. The third-order valence-electron chi connectivity index (χ3n) is 5.50. The second kappa shape index (κ2) is 11.4. The van der Waals surface area contributed by atoms with E-state index in [4.69, 9.17) is 10.2 Å². The predicted octanol–water partition coefficient (Wildman–Crippen LogP) is 4.22. The fraction of sp³-hybridized carbons (Fsp3) is 0.269. The molecule has 0 spiro atoms. The van der Waals surface area contributed by atoms with Gasteiger partial charge in [-0.15, -0.1) is 0 Å². The molecule has 0 atom stereocenters. The van der Waals surface area contributed by atoms with Crippen molar-refractivity contribution in [3.05, 3.63) is 72.6 Å². The number of carbonyl (C=O) groups is 1. The number of furan rings is 1. The molecule has 176 valence electrons. The Bertz CT molecular complexity index is 1190. The molecular weight excluding hydrogens is 428 g/mol. The van der Waals surface area contributed by atoms with E-state index in [2.05, 4.69) is 32.5 Å². The van der Waals surface area contributed by atoms with E-state index in [-0.39, 0.29) is 5.91 Å². The maximum absolute atomic E-state index is 12.9. The molecule has 4 aromatic rings. The van der Waals surface area contributed by atoms with Crippen LogP contribution in [0, 0.1) is 0 Å². The number of para-hydroxylation sites is 1. The molecule has 34 heavy (non-hydrogen) atoms. The standard InChI is InChI=1S/C26H30N6O2/c1-32(15-5-12-27)16-6-14-29-25-21(8-4-13-28-25)26(33)31-20-10-11-22(30-18-20)24-17-19-7-2-3-9-23(19)34-24/h2-4,7-11,13,17-18H,5-6,12,14-16,27H2,1H3,(H,28,29)(H,31,33). The molecule has 8 heteroatoms. The molecule has 0 aliphatic carbocycles. The Morgan fingerprint density at radius 1 is 1.06 bits per heavy atom. The van der Waals surface area contributed by atoms with E-state index in [1.54, 1.807) is 24.5 Å². The van der Waals surface area contributed by atoms with Crippen molar-refractivity contribution in [3.8, 4) is 11.5 Å². The molecule has 3 aromatic heterocycles. The van der Waals surface area contributed by atoms with Gasteiger partial charge in [-0.3, -0.25) is 9.78 Å². The predicted molar refractivity (Wildman–Crippen MR) is 136 cm³/mol. The highest BCUT2D eigenvalue weighted by Gasteiger charge is 2.13. The Balaban J connectivity index is 1.35. The molecule has 3 heterocycles. The number of anilines is 2. The first kappa shape index (κ1) is 23.4. The van der Waals surface area contributed by atoms with Gasteiger partial charge in [0.05, 0.1) is 17.4 Å². The molecule has 4 rings (SSSR count). The number of fused-ring (bicyclic) bond motifs is 1. The summed E-state index contributed by atoms with van der Waals surface area (Å²) in [4.78, 5) is 24.0. The zero-order valence-corrected chi connectivity index (χ0v) is 19.3. The number of pyridine rings is 2. The normalized spacial score (nSPS) is 11.1. The minimum Gasteiger partial charge on any atom is -0.454 e. The van der Waals surface area contributed by atoms with Gasteiger partial charge in [-0.2, -0.15) is 0 Å². The van der Waals surface area contributed by atoms with Crippen LogP contribution in [-0.2, 0) is 0 Å². The summed E-state index contributed by atoms with van der Waals surface area (Å²) in [5.74, 6) is 1.01.